The van der Waals surface area contributed by atoms with E-state index in [1.54, 1.807) is 0 Å². The van der Waals surface area contributed by atoms with Crippen LogP contribution in [-0.4, -0.2) is 13.6 Å². The lowest BCUT2D eigenvalue weighted by molar-refractivity contribution is 0.477. The summed E-state index contributed by atoms with van der Waals surface area (Å²) >= 11 is 3.52. The number of hydrogen-bond acceptors (Lipinski definition) is 2. The molecule has 16 heavy (non-hydrogen) atoms. The van der Waals surface area contributed by atoms with Gasteiger partial charge in [-0.3, -0.25) is 0 Å². The van der Waals surface area contributed by atoms with Gasteiger partial charge < -0.3 is 4.90 Å². The molecule has 0 aliphatic rings. The van der Waals surface area contributed by atoms with E-state index in [9.17, 15) is 0 Å². The minimum atomic E-state index is 0.0668. The molecule has 0 saturated heterocycles. The van der Waals surface area contributed by atoms with Crippen LogP contribution >= 0.6 is 15.9 Å². The number of nitrogens with zero attached hydrogens (tertiary/aromatic N) is 2. The van der Waals surface area contributed by atoms with Crippen molar-refractivity contribution in [1.82, 2.24) is 0 Å². The zero-order chi connectivity index (χ0) is 12.1. The molecule has 0 bridgehead atoms. The van der Waals surface area contributed by atoms with Crippen LogP contribution in [0.2, 0.25) is 0 Å². The van der Waals surface area contributed by atoms with Gasteiger partial charge in [0.25, 0.3) is 0 Å². The van der Waals surface area contributed by atoms with E-state index < -0.39 is 0 Å². The number of nitriles is 1. The fourth-order valence-corrected chi connectivity index (χ4v) is 2.14. The Labute approximate surface area is 106 Å². The first-order chi connectivity index (χ1) is 7.56. The van der Waals surface area contributed by atoms with E-state index in [0.717, 1.165) is 16.7 Å². The first-order valence-electron chi connectivity index (χ1n) is 5.41. The first-order valence-corrected chi connectivity index (χ1v) is 6.20. The van der Waals surface area contributed by atoms with Gasteiger partial charge in [-0.25, -0.2) is 0 Å². The highest BCUT2D eigenvalue weighted by Gasteiger charge is 2.16. The average Bonchev–Trinajstić information content (AvgIpc) is 2.25. The highest BCUT2D eigenvalue weighted by Crippen LogP contribution is 2.26. The summed E-state index contributed by atoms with van der Waals surface area (Å²) in [4.78, 5) is 2.12. The van der Waals surface area contributed by atoms with E-state index >= 15 is 0 Å². The van der Waals surface area contributed by atoms with Gasteiger partial charge in [-0.2, -0.15) is 5.26 Å². The second-order valence-electron chi connectivity index (χ2n) is 4.31. The van der Waals surface area contributed by atoms with Crippen molar-refractivity contribution >= 4 is 21.6 Å². The van der Waals surface area contributed by atoms with Gasteiger partial charge in [-0.15, -0.1) is 0 Å². The smallest absolute Gasteiger partial charge is 0.0677 e. The summed E-state index contributed by atoms with van der Waals surface area (Å²) in [6.45, 7) is 4.93. The summed E-state index contributed by atoms with van der Waals surface area (Å²) in [6.07, 6.45) is 0. The van der Waals surface area contributed by atoms with Crippen molar-refractivity contribution in [2.75, 3.05) is 18.5 Å². The molecule has 0 spiro atoms. The van der Waals surface area contributed by atoms with Crippen molar-refractivity contribution in [2.24, 2.45) is 11.8 Å². The van der Waals surface area contributed by atoms with E-state index in [4.69, 9.17) is 5.26 Å². The minimum absolute atomic E-state index is 0.0668. The molecule has 1 unspecified atom stereocenters. The van der Waals surface area contributed by atoms with Gasteiger partial charge in [0.1, 0.15) is 0 Å². The van der Waals surface area contributed by atoms with Gasteiger partial charge in [-0.1, -0.05) is 26.0 Å². The van der Waals surface area contributed by atoms with Crippen LogP contribution in [0.15, 0.2) is 28.7 Å². The molecule has 1 rings (SSSR count). The van der Waals surface area contributed by atoms with Gasteiger partial charge in [0.15, 0.2) is 0 Å². The molecule has 0 saturated carbocycles. The molecule has 1 atom stereocenters. The second-order valence-corrected chi connectivity index (χ2v) is 5.17. The number of benzene rings is 1. The van der Waals surface area contributed by atoms with E-state index in [0.29, 0.717) is 5.92 Å². The van der Waals surface area contributed by atoms with Crippen LogP contribution in [0.3, 0.4) is 0 Å². The monoisotopic (exact) mass is 280 g/mol. The molecule has 0 aromatic heterocycles. The molecule has 0 fully saturated rings. The zero-order valence-electron chi connectivity index (χ0n) is 9.94. The molecular formula is C13H17BrN2. The highest BCUT2D eigenvalue weighted by atomic mass is 79.9. The van der Waals surface area contributed by atoms with Crippen molar-refractivity contribution in [3.8, 4) is 6.07 Å². The lowest BCUT2D eigenvalue weighted by Gasteiger charge is -2.24. The summed E-state index contributed by atoms with van der Waals surface area (Å²) in [7, 11) is 2.02. The predicted molar refractivity (Wildman–Crippen MR) is 71.4 cm³/mol. The number of hydrogen-bond donors (Lipinski definition) is 0. The minimum Gasteiger partial charge on any atom is -0.372 e. The topological polar surface area (TPSA) is 27.0 Å². The number of para-hydroxylation sites is 1. The van der Waals surface area contributed by atoms with Gasteiger partial charge in [-0.05, 0) is 34.0 Å². The third kappa shape index (κ3) is 3.24. The molecule has 3 heteroatoms. The fraction of sp³-hybridized carbons (Fsp3) is 0.462. The van der Waals surface area contributed by atoms with E-state index in [1.807, 2.05) is 25.2 Å². The van der Waals surface area contributed by atoms with Crippen molar-refractivity contribution in [1.29, 1.82) is 5.26 Å². The molecule has 0 radical (unpaired) electrons. The van der Waals surface area contributed by atoms with E-state index in [1.165, 1.54) is 0 Å². The maximum atomic E-state index is 9.07. The van der Waals surface area contributed by atoms with Gasteiger partial charge in [0.2, 0.25) is 0 Å². The van der Waals surface area contributed by atoms with Crippen LogP contribution in [0, 0.1) is 23.2 Å². The Morgan fingerprint density at radius 3 is 2.50 bits per heavy atom. The quantitative estimate of drug-likeness (QED) is 0.841. The Hall–Kier alpha value is -1.01. The van der Waals surface area contributed by atoms with Crippen LogP contribution in [-0.2, 0) is 0 Å². The third-order valence-electron chi connectivity index (χ3n) is 2.70. The molecule has 1 aromatic carbocycles. The number of halogens is 1. The maximum Gasteiger partial charge on any atom is 0.0677 e. The zero-order valence-corrected chi connectivity index (χ0v) is 11.5. The molecule has 0 aliphatic heterocycles. The third-order valence-corrected chi connectivity index (χ3v) is 3.38. The molecule has 86 valence electrons. The molecule has 0 amide bonds. The van der Waals surface area contributed by atoms with Crippen molar-refractivity contribution in [2.45, 2.75) is 13.8 Å². The highest BCUT2D eigenvalue weighted by molar-refractivity contribution is 9.10. The Balaban J connectivity index is 2.77. The summed E-state index contributed by atoms with van der Waals surface area (Å²) < 4.78 is 1.07. The second kappa shape index (κ2) is 5.91. The lowest BCUT2D eigenvalue weighted by Crippen LogP contribution is -2.27. The normalized spacial score (nSPS) is 12.2. The Morgan fingerprint density at radius 1 is 1.38 bits per heavy atom. The van der Waals surface area contributed by atoms with Gasteiger partial charge in [0, 0.05) is 18.1 Å². The van der Waals surface area contributed by atoms with E-state index in [-0.39, 0.29) is 5.92 Å². The van der Waals surface area contributed by atoms with Gasteiger partial charge >= 0.3 is 0 Å². The average molecular weight is 281 g/mol. The fourth-order valence-electron chi connectivity index (χ4n) is 1.56. The summed E-state index contributed by atoms with van der Waals surface area (Å²) in [6, 6.07) is 10.4. The summed E-state index contributed by atoms with van der Waals surface area (Å²) in [5.74, 6) is 0.451. The van der Waals surface area contributed by atoms with Crippen molar-refractivity contribution < 1.29 is 0 Å². The standard InChI is InChI=1S/C13H17BrN2/c1-10(2)11(8-15)9-16(3)13-7-5-4-6-12(13)14/h4-7,10-11H,9H2,1-3H3. The molecule has 2 nitrogen and oxygen atoms in total. The first kappa shape index (κ1) is 13.1. The van der Waals surface area contributed by atoms with E-state index in [2.05, 4.69) is 46.8 Å². The number of anilines is 1. The van der Waals surface area contributed by atoms with Gasteiger partial charge in [0.05, 0.1) is 17.7 Å². The summed E-state index contributed by atoms with van der Waals surface area (Å²) in [5.41, 5.74) is 1.13. The maximum absolute atomic E-state index is 9.07. The van der Waals surface area contributed by atoms with Crippen LogP contribution in [0.1, 0.15) is 13.8 Å². The predicted octanol–water partition coefficient (Wildman–Crippen LogP) is 3.68. The number of rotatable bonds is 4. The van der Waals surface area contributed by atoms with Crippen LogP contribution in [0.4, 0.5) is 5.69 Å². The molecule has 1 aromatic rings. The Kier molecular flexibility index (Phi) is 4.82. The Morgan fingerprint density at radius 2 is 2.00 bits per heavy atom. The molecule has 0 heterocycles. The Bertz CT molecular complexity index is 382. The van der Waals surface area contributed by atoms with Crippen LogP contribution in [0.5, 0.6) is 0 Å². The molecule has 0 aliphatic carbocycles. The van der Waals surface area contributed by atoms with Crippen molar-refractivity contribution in [3.05, 3.63) is 28.7 Å². The SMILES string of the molecule is CC(C)C(C#N)CN(C)c1ccccc1Br. The van der Waals surface area contributed by atoms with Crippen LogP contribution in [0.25, 0.3) is 0 Å². The van der Waals surface area contributed by atoms with Crippen molar-refractivity contribution in [3.63, 3.8) is 0 Å². The largest absolute Gasteiger partial charge is 0.372 e. The van der Waals surface area contributed by atoms with Crippen LogP contribution < -0.4 is 4.90 Å². The summed E-state index contributed by atoms with van der Waals surface area (Å²) in [5, 5.41) is 9.07. The molecular weight excluding hydrogens is 264 g/mol. The molecule has 0 N–H and O–H groups in total. The lowest BCUT2D eigenvalue weighted by atomic mass is 9.97.